The van der Waals surface area contributed by atoms with E-state index in [0.29, 0.717) is 17.2 Å². The van der Waals surface area contributed by atoms with Gasteiger partial charge in [-0.25, -0.2) is 4.98 Å². The number of aryl methyl sites for hydroxylation is 1. The molecule has 0 aliphatic heterocycles. The number of hydrogen-bond acceptors (Lipinski definition) is 6. The van der Waals surface area contributed by atoms with E-state index in [1.807, 2.05) is 30.5 Å². The van der Waals surface area contributed by atoms with Crippen molar-refractivity contribution in [3.8, 4) is 0 Å². The molecule has 23 heavy (non-hydrogen) atoms. The van der Waals surface area contributed by atoms with E-state index in [1.54, 1.807) is 19.3 Å². The Morgan fingerprint density at radius 2 is 2.26 bits per heavy atom. The summed E-state index contributed by atoms with van der Waals surface area (Å²) in [6, 6.07) is 5.66. The van der Waals surface area contributed by atoms with Crippen LogP contribution in [-0.4, -0.2) is 31.4 Å². The average molecular weight is 331 g/mol. The van der Waals surface area contributed by atoms with Gasteiger partial charge in [0, 0.05) is 24.7 Å². The molecule has 0 aliphatic carbocycles. The first-order chi connectivity index (χ1) is 11.0. The van der Waals surface area contributed by atoms with Gasteiger partial charge in [0.05, 0.1) is 5.75 Å². The van der Waals surface area contributed by atoms with E-state index in [4.69, 9.17) is 4.42 Å². The van der Waals surface area contributed by atoms with Gasteiger partial charge in [0.2, 0.25) is 5.91 Å². The van der Waals surface area contributed by atoms with Crippen LogP contribution in [0.3, 0.4) is 0 Å². The van der Waals surface area contributed by atoms with Gasteiger partial charge in [0.25, 0.3) is 0 Å². The van der Waals surface area contributed by atoms with Crippen molar-refractivity contribution in [2.24, 2.45) is 0 Å². The molecular formula is C15H17N5O2S. The molecule has 1 aromatic carbocycles. The normalized spacial score (nSPS) is 11.3. The van der Waals surface area contributed by atoms with Crippen molar-refractivity contribution in [3.05, 3.63) is 30.4 Å². The molecule has 2 heterocycles. The van der Waals surface area contributed by atoms with E-state index >= 15 is 0 Å². The number of nitrogens with one attached hydrogen (secondary N) is 1. The first-order valence-corrected chi connectivity index (χ1v) is 8.21. The van der Waals surface area contributed by atoms with Gasteiger partial charge < -0.3 is 14.3 Å². The Morgan fingerprint density at radius 1 is 1.43 bits per heavy atom. The summed E-state index contributed by atoms with van der Waals surface area (Å²) >= 11 is 1.36. The van der Waals surface area contributed by atoms with Crippen LogP contribution in [0.4, 0.5) is 5.69 Å². The van der Waals surface area contributed by atoms with E-state index < -0.39 is 0 Å². The molecule has 0 aliphatic rings. The number of rotatable bonds is 5. The minimum absolute atomic E-state index is 0.108. The van der Waals surface area contributed by atoms with Crippen LogP contribution in [0.15, 0.2) is 34.1 Å². The van der Waals surface area contributed by atoms with Gasteiger partial charge in [-0.15, -0.1) is 10.2 Å². The van der Waals surface area contributed by atoms with E-state index in [1.165, 1.54) is 11.8 Å². The average Bonchev–Trinajstić information content (AvgIpc) is 3.09. The molecular weight excluding hydrogens is 314 g/mol. The van der Waals surface area contributed by atoms with Crippen molar-refractivity contribution in [2.45, 2.75) is 32.0 Å². The van der Waals surface area contributed by atoms with Crippen molar-refractivity contribution in [1.82, 2.24) is 19.7 Å². The summed E-state index contributed by atoms with van der Waals surface area (Å²) in [5, 5.41) is 11.5. The van der Waals surface area contributed by atoms with Crippen molar-refractivity contribution < 1.29 is 9.21 Å². The fourth-order valence-corrected chi connectivity index (χ4v) is 2.98. The lowest BCUT2D eigenvalue weighted by Gasteiger charge is -2.09. The topological polar surface area (TPSA) is 85.8 Å². The molecule has 3 aromatic rings. The highest BCUT2D eigenvalue weighted by Gasteiger charge is 2.11. The quantitative estimate of drug-likeness (QED) is 0.723. The number of nitrogens with zero attached hydrogens (tertiary/aromatic N) is 4. The Bertz CT molecular complexity index is 839. The maximum absolute atomic E-state index is 12.1. The SMILES string of the molecule is Cc1nc2ccc(NC(=O)CSc3nncn3C(C)C)cc2o1. The van der Waals surface area contributed by atoms with Gasteiger partial charge in [-0.3, -0.25) is 4.79 Å². The molecule has 7 nitrogen and oxygen atoms in total. The first-order valence-electron chi connectivity index (χ1n) is 7.22. The van der Waals surface area contributed by atoms with Crippen molar-refractivity contribution in [2.75, 3.05) is 11.1 Å². The molecule has 2 aromatic heterocycles. The highest BCUT2D eigenvalue weighted by Crippen LogP contribution is 2.21. The van der Waals surface area contributed by atoms with Crippen LogP contribution in [-0.2, 0) is 4.79 Å². The van der Waals surface area contributed by atoms with Crippen LogP contribution in [0.1, 0.15) is 25.8 Å². The lowest BCUT2D eigenvalue weighted by molar-refractivity contribution is -0.113. The van der Waals surface area contributed by atoms with E-state index in [0.717, 1.165) is 10.7 Å². The van der Waals surface area contributed by atoms with Crippen LogP contribution in [0.5, 0.6) is 0 Å². The Balaban J connectivity index is 1.63. The Morgan fingerprint density at radius 3 is 3.04 bits per heavy atom. The maximum atomic E-state index is 12.1. The summed E-state index contributed by atoms with van der Waals surface area (Å²) in [4.78, 5) is 16.3. The zero-order chi connectivity index (χ0) is 16.4. The lowest BCUT2D eigenvalue weighted by Crippen LogP contribution is -2.14. The maximum Gasteiger partial charge on any atom is 0.234 e. The second kappa shape index (κ2) is 6.41. The van der Waals surface area contributed by atoms with Crippen molar-refractivity contribution in [1.29, 1.82) is 0 Å². The number of benzene rings is 1. The summed E-state index contributed by atoms with van der Waals surface area (Å²) in [5.41, 5.74) is 2.12. The second-order valence-electron chi connectivity index (χ2n) is 5.37. The van der Waals surface area contributed by atoms with E-state index in [2.05, 4.69) is 20.5 Å². The third kappa shape index (κ3) is 3.53. The standard InChI is InChI=1S/C15H17N5O2S/c1-9(2)20-8-16-19-15(20)23-7-14(21)18-11-4-5-12-13(6-11)22-10(3)17-12/h4-6,8-9H,7H2,1-3H3,(H,18,21). The third-order valence-electron chi connectivity index (χ3n) is 3.21. The van der Waals surface area contributed by atoms with Crippen LogP contribution >= 0.6 is 11.8 Å². The molecule has 3 rings (SSSR count). The number of anilines is 1. The Labute approximate surface area is 137 Å². The molecule has 8 heteroatoms. The summed E-state index contributed by atoms with van der Waals surface area (Å²) in [6.07, 6.45) is 1.67. The lowest BCUT2D eigenvalue weighted by atomic mass is 10.3. The molecule has 0 bridgehead atoms. The summed E-state index contributed by atoms with van der Waals surface area (Å²) in [6.45, 7) is 5.88. The highest BCUT2D eigenvalue weighted by molar-refractivity contribution is 7.99. The predicted octanol–water partition coefficient (Wildman–Crippen LogP) is 3.04. The number of oxazole rings is 1. The zero-order valence-electron chi connectivity index (χ0n) is 13.1. The molecule has 0 saturated carbocycles. The van der Waals surface area contributed by atoms with Crippen LogP contribution in [0.2, 0.25) is 0 Å². The van der Waals surface area contributed by atoms with E-state index in [-0.39, 0.29) is 17.7 Å². The van der Waals surface area contributed by atoms with Crippen LogP contribution in [0.25, 0.3) is 11.1 Å². The number of carbonyl (C=O) groups excluding carboxylic acids is 1. The number of hydrogen-bond donors (Lipinski definition) is 1. The fraction of sp³-hybridized carbons (Fsp3) is 0.333. The number of aromatic nitrogens is 4. The second-order valence-corrected chi connectivity index (χ2v) is 6.31. The van der Waals surface area contributed by atoms with Gasteiger partial charge in [0.15, 0.2) is 16.6 Å². The van der Waals surface area contributed by atoms with Crippen LogP contribution < -0.4 is 5.32 Å². The summed E-state index contributed by atoms with van der Waals surface area (Å²) < 4.78 is 7.39. The minimum atomic E-state index is -0.108. The highest BCUT2D eigenvalue weighted by atomic mass is 32.2. The Hall–Kier alpha value is -2.35. The van der Waals surface area contributed by atoms with Crippen LogP contribution in [0, 0.1) is 6.92 Å². The zero-order valence-corrected chi connectivity index (χ0v) is 13.9. The largest absolute Gasteiger partial charge is 0.441 e. The van der Waals surface area contributed by atoms with E-state index in [9.17, 15) is 4.79 Å². The smallest absolute Gasteiger partial charge is 0.234 e. The summed E-state index contributed by atoms with van der Waals surface area (Å²) in [5.74, 6) is 0.759. The number of thioether (sulfide) groups is 1. The molecule has 1 amide bonds. The van der Waals surface area contributed by atoms with Gasteiger partial charge in [0.1, 0.15) is 11.8 Å². The number of amides is 1. The predicted molar refractivity (Wildman–Crippen MR) is 88.5 cm³/mol. The van der Waals surface area contributed by atoms with Crippen molar-refractivity contribution in [3.63, 3.8) is 0 Å². The van der Waals surface area contributed by atoms with Gasteiger partial charge in [-0.05, 0) is 26.0 Å². The number of carbonyl (C=O) groups is 1. The third-order valence-corrected chi connectivity index (χ3v) is 4.17. The molecule has 0 fully saturated rings. The molecule has 0 atom stereocenters. The minimum Gasteiger partial charge on any atom is -0.441 e. The van der Waals surface area contributed by atoms with Crippen molar-refractivity contribution >= 4 is 34.5 Å². The first kappa shape index (κ1) is 15.5. The molecule has 120 valence electrons. The van der Waals surface area contributed by atoms with Gasteiger partial charge >= 0.3 is 0 Å². The monoisotopic (exact) mass is 331 g/mol. The van der Waals surface area contributed by atoms with Gasteiger partial charge in [-0.1, -0.05) is 11.8 Å². The summed E-state index contributed by atoms with van der Waals surface area (Å²) in [7, 11) is 0. The molecule has 1 N–H and O–H groups in total. The molecule has 0 radical (unpaired) electrons. The Kier molecular flexibility index (Phi) is 4.33. The fourth-order valence-electron chi connectivity index (χ4n) is 2.13. The molecule has 0 spiro atoms. The van der Waals surface area contributed by atoms with Gasteiger partial charge in [-0.2, -0.15) is 0 Å². The molecule has 0 saturated heterocycles. The molecule has 0 unspecified atom stereocenters. The number of fused-ring (bicyclic) bond motifs is 1.